The molecule has 7 nitrogen and oxygen atoms in total. The smallest absolute Gasteiger partial charge is 0.261 e. The summed E-state index contributed by atoms with van der Waals surface area (Å²) < 4.78 is 10.5. The number of hydrogen-bond acceptors (Lipinski definition) is 5. The third-order valence-corrected chi connectivity index (χ3v) is 4.87. The van der Waals surface area contributed by atoms with Crippen molar-refractivity contribution in [2.45, 2.75) is 6.42 Å². The molecule has 0 saturated carbocycles. The largest absolute Gasteiger partial charge is 0.493 e. The topological polar surface area (TPSA) is 100 Å². The van der Waals surface area contributed by atoms with Crippen molar-refractivity contribution in [1.29, 1.82) is 5.26 Å². The molecule has 0 aliphatic rings. The van der Waals surface area contributed by atoms with Crippen molar-refractivity contribution in [3.63, 3.8) is 0 Å². The Hall–Kier alpha value is -3.76. The Kier molecular flexibility index (Phi) is 7.31. The lowest BCUT2D eigenvalue weighted by Crippen LogP contribution is -2.26. The lowest BCUT2D eigenvalue weighted by Gasteiger charge is -2.10. The van der Waals surface area contributed by atoms with Gasteiger partial charge in [-0.2, -0.15) is 10.4 Å². The maximum absolute atomic E-state index is 12.5. The number of nitriles is 1. The van der Waals surface area contributed by atoms with Gasteiger partial charge in [0.1, 0.15) is 11.6 Å². The molecule has 2 aromatic carbocycles. The molecular weight excluding hydrogens is 416 g/mol. The van der Waals surface area contributed by atoms with Crippen molar-refractivity contribution >= 4 is 23.6 Å². The molecule has 1 amide bonds. The van der Waals surface area contributed by atoms with Crippen molar-refractivity contribution < 1.29 is 14.3 Å². The van der Waals surface area contributed by atoms with E-state index in [2.05, 4.69) is 15.5 Å². The first-order valence-corrected chi connectivity index (χ1v) is 9.83. The molecule has 3 aromatic rings. The van der Waals surface area contributed by atoms with Gasteiger partial charge in [-0.25, -0.2) is 0 Å². The summed E-state index contributed by atoms with van der Waals surface area (Å²) in [7, 11) is 3.15. The lowest BCUT2D eigenvalue weighted by molar-refractivity contribution is -0.117. The van der Waals surface area contributed by atoms with E-state index in [1.807, 2.05) is 36.4 Å². The highest BCUT2D eigenvalue weighted by Gasteiger charge is 2.13. The van der Waals surface area contributed by atoms with Crippen LogP contribution in [0.1, 0.15) is 11.1 Å². The number of ether oxygens (including phenoxy) is 2. The third kappa shape index (κ3) is 5.44. The SMILES string of the molecule is COc1ccc(CCNC(=O)/C(C#N)=C/c2cn[nH]c2-c2ccc(Cl)cc2)cc1OC. The maximum atomic E-state index is 12.5. The highest BCUT2D eigenvalue weighted by molar-refractivity contribution is 6.30. The van der Waals surface area contributed by atoms with Crippen LogP contribution in [0.4, 0.5) is 0 Å². The second-order valence-electron chi connectivity index (χ2n) is 6.57. The average molecular weight is 437 g/mol. The molecule has 2 N–H and O–H groups in total. The zero-order valence-electron chi connectivity index (χ0n) is 17.1. The van der Waals surface area contributed by atoms with Gasteiger partial charge in [-0.05, 0) is 42.3 Å². The molecule has 0 aliphatic carbocycles. The van der Waals surface area contributed by atoms with Gasteiger partial charge in [0.2, 0.25) is 0 Å². The van der Waals surface area contributed by atoms with Gasteiger partial charge in [0.05, 0.1) is 26.1 Å². The van der Waals surface area contributed by atoms with E-state index in [4.69, 9.17) is 21.1 Å². The zero-order chi connectivity index (χ0) is 22.2. The summed E-state index contributed by atoms with van der Waals surface area (Å²) >= 11 is 5.94. The van der Waals surface area contributed by atoms with Crippen LogP contribution in [0.5, 0.6) is 11.5 Å². The molecule has 0 spiro atoms. The maximum Gasteiger partial charge on any atom is 0.261 e. The number of H-pyrrole nitrogens is 1. The molecule has 0 saturated heterocycles. The van der Waals surface area contributed by atoms with E-state index < -0.39 is 5.91 Å². The summed E-state index contributed by atoms with van der Waals surface area (Å²) in [6.45, 7) is 0.364. The highest BCUT2D eigenvalue weighted by atomic mass is 35.5. The minimum Gasteiger partial charge on any atom is -0.493 e. The molecule has 0 fully saturated rings. The van der Waals surface area contributed by atoms with Crippen LogP contribution < -0.4 is 14.8 Å². The Labute approximate surface area is 185 Å². The highest BCUT2D eigenvalue weighted by Crippen LogP contribution is 2.27. The van der Waals surface area contributed by atoms with Crippen molar-refractivity contribution in [3.05, 3.63) is 70.4 Å². The van der Waals surface area contributed by atoms with Crippen LogP contribution in [0.3, 0.4) is 0 Å². The fraction of sp³-hybridized carbons (Fsp3) is 0.174. The summed E-state index contributed by atoms with van der Waals surface area (Å²) in [6, 6.07) is 14.7. The number of methoxy groups -OCH3 is 2. The van der Waals surface area contributed by atoms with Gasteiger partial charge in [-0.1, -0.05) is 29.8 Å². The normalized spacial score (nSPS) is 11.0. The molecule has 1 heterocycles. The van der Waals surface area contributed by atoms with Gasteiger partial charge in [-0.3, -0.25) is 9.89 Å². The summed E-state index contributed by atoms with van der Waals surface area (Å²) in [4.78, 5) is 12.5. The van der Waals surface area contributed by atoms with Crippen LogP contribution in [-0.4, -0.2) is 36.9 Å². The number of amides is 1. The van der Waals surface area contributed by atoms with Gasteiger partial charge in [0.15, 0.2) is 11.5 Å². The molecule has 31 heavy (non-hydrogen) atoms. The molecule has 8 heteroatoms. The van der Waals surface area contributed by atoms with Crippen molar-refractivity contribution in [2.24, 2.45) is 0 Å². The first-order valence-electron chi connectivity index (χ1n) is 9.46. The fourth-order valence-electron chi connectivity index (χ4n) is 3.01. The minimum absolute atomic E-state index is 0.0103. The molecule has 0 radical (unpaired) electrons. The van der Waals surface area contributed by atoms with E-state index in [1.54, 1.807) is 32.5 Å². The van der Waals surface area contributed by atoms with Crippen molar-refractivity contribution in [2.75, 3.05) is 20.8 Å². The van der Waals surface area contributed by atoms with E-state index in [1.165, 1.54) is 6.08 Å². The van der Waals surface area contributed by atoms with Crippen molar-refractivity contribution in [1.82, 2.24) is 15.5 Å². The molecule has 0 unspecified atom stereocenters. The van der Waals surface area contributed by atoms with E-state index in [9.17, 15) is 10.1 Å². The quantitative estimate of drug-likeness (QED) is 0.410. The number of carbonyl (C=O) groups is 1. The Bertz CT molecular complexity index is 1130. The molecule has 3 rings (SSSR count). The Morgan fingerprint density at radius 1 is 1.19 bits per heavy atom. The van der Waals surface area contributed by atoms with Crippen LogP contribution >= 0.6 is 11.6 Å². The predicted molar refractivity (Wildman–Crippen MR) is 119 cm³/mol. The number of rotatable bonds is 8. The summed E-state index contributed by atoms with van der Waals surface area (Å²) in [5.41, 5.74) is 3.14. The first kappa shape index (κ1) is 21.9. The van der Waals surface area contributed by atoms with Crippen LogP contribution in [0.2, 0.25) is 5.02 Å². The van der Waals surface area contributed by atoms with Crippen LogP contribution in [0.25, 0.3) is 17.3 Å². The van der Waals surface area contributed by atoms with Crippen molar-refractivity contribution in [3.8, 4) is 28.8 Å². The van der Waals surface area contributed by atoms with E-state index in [-0.39, 0.29) is 5.57 Å². The number of nitrogens with one attached hydrogen (secondary N) is 2. The molecule has 0 atom stereocenters. The minimum atomic E-state index is -0.453. The number of halogens is 1. The second-order valence-corrected chi connectivity index (χ2v) is 7.01. The number of aromatic amines is 1. The number of benzene rings is 2. The average Bonchev–Trinajstić information content (AvgIpc) is 3.25. The van der Waals surface area contributed by atoms with Gasteiger partial charge in [-0.15, -0.1) is 0 Å². The molecule has 0 aliphatic heterocycles. The van der Waals surface area contributed by atoms with Gasteiger partial charge in [0, 0.05) is 22.7 Å². The number of hydrogen-bond donors (Lipinski definition) is 2. The van der Waals surface area contributed by atoms with Crippen LogP contribution in [0.15, 0.2) is 54.2 Å². The van der Waals surface area contributed by atoms with Gasteiger partial charge >= 0.3 is 0 Å². The number of aromatic nitrogens is 2. The predicted octanol–water partition coefficient (Wildman–Crippen LogP) is 4.01. The lowest BCUT2D eigenvalue weighted by atomic mass is 10.1. The molecule has 158 valence electrons. The second kappa shape index (κ2) is 10.3. The van der Waals surface area contributed by atoms with Gasteiger partial charge < -0.3 is 14.8 Å². The number of nitrogens with zero attached hydrogens (tertiary/aromatic N) is 2. The fourth-order valence-corrected chi connectivity index (χ4v) is 3.13. The van der Waals surface area contributed by atoms with E-state index in [0.717, 1.165) is 11.1 Å². The van der Waals surface area contributed by atoms with E-state index >= 15 is 0 Å². The molecular formula is C23H21ClN4O3. The Balaban J connectivity index is 1.68. The summed E-state index contributed by atoms with van der Waals surface area (Å²) in [5.74, 6) is 0.812. The first-order chi connectivity index (χ1) is 15.0. The summed E-state index contributed by atoms with van der Waals surface area (Å²) in [6.07, 6.45) is 3.66. The Morgan fingerprint density at radius 3 is 2.61 bits per heavy atom. The number of carbonyl (C=O) groups excluding carboxylic acids is 1. The van der Waals surface area contributed by atoms with Crippen LogP contribution in [0, 0.1) is 11.3 Å². The standard InChI is InChI=1S/C23H21ClN4O3/c1-30-20-8-3-15(11-21(20)31-2)9-10-26-23(29)17(13-25)12-18-14-27-28-22(18)16-4-6-19(24)7-5-16/h3-8,11-12,14H,9-10H2,1-2H3,(H,26,29)(H,27,28)/b17-12+. The zero-order valence-corrected chi connectivity index (χ0v) is 17.9. The summed E-state index contributed by atoms with van der Waals surface area (Å²) in [5, 5.41) is 19.8. The Morgan fingerprint density at radius 2 is 1.94 bits per heavy atom. The molecule has 0 bridgehead atoms. The third-order valence-electron chi connectivity index (χ3n) is 4.61. The molecule has 1 aromatic heterocycles. The van der Waals surface area contributed by atoms with Crippen LogP contribution in [-0.2, 0) is 11.2 Å². The van der Waals surface area contributed by atoms with Gasteiger partial charge in [0.25, 0.3) is 5.91 Å². The monoisotopic (exact) mass is 436 g/mol. The van der Waals surface area contributed by atoms with E-state index in [0.29, 0.717) is 40.7 Å².